The van der Waals surface area contributed by atoms with Gasteiger partial charge in [-0.25, -0.2) is 8.42 Å². The summed E-state index contributed by atoms with van der Waals surface area (Å²) in [7, 11) is -1.86. The van der Waals surface area contributed by atoms with E-state index in [4.69, 9.17) is 0 Å². The molecule has 0 saturated heterocycles. The number of aryl methyl sites for hydroxylation is 1. The molecule has 0 N–H and O–H groups in total. The molecule has 0 aliphatic rings. The van der Waals surface area contributed by atoms with E-state index in [1.54, 1.807) is 30.1 Å². The molecule has 0 saturated carbocycles. The van der Waals surface area contributed by atoms with Gasteiger partial charge in [0.2, 0.25) is 0 Å². The smallest absolute Gasteiger partial charge is 0.252 e. The lowest BCUT2D eigenvalue weighted by atomic mass is 10.4. The highest BCUT2D eigenvalue weighted by Crippen LogP contribution is 2.28. The van der Waals surface area contributed by atoms with Gasteiger partial charge >= 0.3 is 0 Å². The van der Waals surface area contributed by atoms with Crippen LogP contribution in [-0.4, -0.2) is 29.6 Å². The third-order valence-corrected chi connectivity index (χ3v) is 6.60. The van der Waals surface area contributed by atoms with Crippen molar-refractivity contribution in [3.05, 3.63) is 33.9 Å². The summed E-state index contributed by atoms with van der Waals surface area (Å²) in [6.45, 7) is 3.01. The molecule has 0 atom stereocenters. The first-order valence-electron chi connectivity index (χ1n) is 5.67. The van der Waals surface area contributed by atoms with Gasteiger partial charge in [-0.05, 0) is 41.1 Å². The summed E-state index contributed by atoms with van der Waals surface area (Å²) in [5.41, 5.74) is 0.879. The van der Waals surface area contributed by atoms with E-state index in [-0.39, 0.29) is 0 Å². The molecule has 2 aromatic rings. The molecule has 104 valence electrons. The van der Waals surface area contributed by atoms with Crippen LogP contribution < -0.4 is 0 Å². The first-order valence-corrected chi connectivity index (χ1v) is 8.72. The Balaban J connectivity index is 2.22. The molecule has 0 bridgehead atoms. The number of aromatic nitrogens is 2. The van der Waals surface area contributed by atoms with E-state index in [1.165, 1.54) is 15.6 Å². The highest BCUT2D eigenvalue weighted by Gasteiger charge is 2.23. The molecule has 0 aliphatic heterocycles. The normalized spacial score (nSPS) is 12.2. The van der Waals surface area contributed by atoms with Crippen molar-refractivity contribution in [1.29, 1.82) is 0 Å². The quantitative estimate of drug-likeness (QED) is 0.819. The number of hydrogen-bond acceptors (Lipinski definition) is 4. The number of halogens is 1. The van der Waals surface area contributed by atoms with E-state index in [9.17, 15) is 8.42 Å². The number of sulfonamides is 1. The number of rotatable bonds is 5. The van der Waals surface area contributed by atoms with E-state index in [0.717, 1.165) is 16.0 Å². The van der Waals surface area contributed by atoms with Gasteiger partial charge < -0.3 is 0 Å². The summed E-state index contributed by atoms with van der Waals surface area (Å²) in [5.74, 6) is 0. The summed E-state index contributed by atoms with van der Waals surface area (Å²) in [6, 6.07) is 5.18. The lowest BCUT2D eigenvalue weighted by molar-refractivity contribution is 0.448. The second-order valence-electron chi connectivity index (χ2n) is 3.96. The van der Waals surface area contributed by atoms with Crippen LogP contribution in [0.2, 0.25) is 0 Å². The lowest BCUT2D eigenvalue weighted by Gasteiger charge is -2.16. The van der Waals surface area contributed by atoms with E-state index in [1.807, 2.05) is 13.0 Å². The zero-order valence-electron chi connectivity index (χ0n) is 10.6. The van der Waals surface area contributed by atoms with Crippen molar-refractivity contribution in [3.8, 4) is 0 Å². The molecule has 0 fully saturated rings. The van der Waals surface area contributed by atoms with E-state index in [0.29, 0.717) is 10.8 Å². The number of nitrogens with zero attached hydrogens (tertiary/aromatic N) is 3. The molecule has 2 heterocycles. The molecule has 2 rings (SSSR count). The predicted molar refractivity (Wildman–Crippen MR) is 78.6 cm³/mol. The van der Waals surface area contributed by atoms with Crippen molar-refractivity contribution in [2.75, 3.05) is 7.05 Å². The Kier molecular flexibility index (Phi) is 4.44. The van der Waals surface area contributed by atoms with Crippen LogP contribution in [0, 0.1) is 0 Å². The first kappa shape index (κ1) is 14.7. The molecular formula is C11H14BrN3O2S2. The Hall–Kier alpha value is -0.700. The van der Waals surface area contributed by atoms with Gasteiger partial charge in [0.1, 0.15) is 4.21 Å². The molecule has 0 amide bonds. The summed E-state index contributed by atoms with van der Waals surface area (Å²) in [4.78, 5) is 0. The maximum atomic E-state index is 12.4. The highest BCUT2D eigenvalue weighted by atomic mass is 79.9. The largest absolute Gasteiger partial charge is 0.269 e. The summed E-state index contributed by atoms with van der Waals surface area (Å²) in [6.07, 6.45) is 1.68. The van der Waals surface area contributed by atoms with E-state index >= 15 is 0 Å². The third kappa shape index (κ3) is 3.07. The lowest BCUT2D eigenvalue weighted by Crippen LogP contribution is -2.27. The van der Waals surface area contributed by atoms with Crippen molar-refractivity contribution in [3.63, 3.8) is 0 Å². The highest BCUT2D eigenvalue weighted by molar-refractivity contribution is 9.11. The standard InChI is InChI=1S/C11H14BrN3O2S2/c1-3-15-9(6-7-13-15)8-14(2)19(16,17)11-5-4-10(12)18-11/h4-7H,3,8H2,1-2H3. The van der Waals surface area contributed by atoms with Crippen LogP contribution in [0.5, 0.6) is 0 Å². The van der Waals surface area contributed by atoms with Gasteiger partial charge in [-0.1, -0.05) is 0 Å². The predicted octanol–water partition coefficient (Wildman–Crippen LogP) is 2.55. The molecular weight excluding hydrogens is 350 g/mol. The minimum atomic E-state index is -3.44. The van der Waals surface area contributed by atoms with Gasteiger partial charge in [-0.3, -0.25) is 4.68 Å². The van der Waals surface area contributed by atoms with Gasteiger partial charge in [0, 0.05) is 19.8 Å². The zero-order chi connectivity index (χ0) is 14.0. The minimum Gasteiger partial charge on any atom is -0.269 e. The average molecular weight is 364 g/mol. The molecule has 0 aliphatic carbocycles. The van der Waals surface area contributed by atoms with E-state index < -0.39 is 10.0 Å². The van der Waals surface area contributed by atoms with E-state index in [2.05, 4.69) is 21.0 Å². The maximum absolute atomic E-state index is 12.4. The molecule has 2 aromatic heterocycles. The molecule has 8 heteroatoms. The molecule has 0 aromatic carbocycles. The Morgan fingerprint density at radius 3 is 2.74 bits per heavy atom. The van der Waals surface area contributed by atoms with Gasteiger partial charge in [0.05, 0.1) is 16.0 Å². The monoisotopic (exact) mass is 363 g/mol. The minimum absolute atomic E-state index is 0.311. The maximum Gasteiger partial charge on any atom is 0.252 e. The van der Waals surface area contributed by atoms with Crippen molar-refractivity contribution >= 4 is 37.3 Å². The topological polar surface area (TPSA) is 55.2 Å². The van der Waals surface area contributed by atoms with Gasteiger partial charge in [0.25, 0.3) is 10.0 Å². The molecule has 19 heavy (non-hydrogen) atoms. The molecule has 0 spiro atoms. The summed E-state index contributed by atoms with van der Waals surface area (Å²) < 4.78 is 29.0. The fourth-order valence-electron chi connectivity index (χ4n) is 1.68. The summed E-state index contributed by atoms with van der Waals surface area (Å²) >= 11 is 4.49. The second kappa shape index (κ2) is 5.74. The van der Waals surface area contributed by atoms with Crippen LogP contribution in [0.1, 0.15) is 12.6 Å². The van der Waals surface area contributed by atoms with Crippen molar-refractivity contribution in [1.82, 2.24) is 14.1 Å². The molecule has 0 radical (unpaired) electrons. The fourth-order valence-corrected chi connectivity index (χ4v) is 5.05. The number of thiophene rings is 1. The second-order valence-corrected chi connectivity index (χ2v) is 8.69. The van der Waals surface area contributed by atoms with Crippen LogP contribution >= 0.6 is 27.3 Å². The average Bonchev–Trinajstić information content (AvgIpc) is 2.97. The van der Waals surface area contributed by atoms with Crippen LogP contribution in [-0.2, 0) is 23.1 Å². The van der Waals surface area contributed by atoms with Crippen LogP contribution in [0.15, 0.2) is 32.4 Å². The Bertz CT molecular complexity index is 663. The third-order valence-electron chi connectivity index (χ3n) is 2.70. The van der Waals surface area contributed by atoms with Gasteiger partial charge in [-0.15, -0.1) is 11.3 Å². The van der Waals surface area contributed by atoms with Crippen molar-refractivity contribution in [2.45, 2.75) is 24.2 Å². The molecule has 0 unspecified atom stereocenters. The summed E-state index contributed by atoms with van der Waals surface area (Å²) in [5, 5.41) is 4.14. The SMILES string of the molecule is CCn1nccc1CN(C)S(=O)(=O)c1ccc(Br)s1. The Morgan fingerprint density at radius 2 is 2.16 bits per heavy atom. The Morgan fingerprint density at radius 1 is 1.42 bits per heavy atom. The van der Waals surface area contributed by atoms with Gasteiger partial charge in [0.15, 0.2) is 0 Å². The van der Waals surface area contributed by atoms with Crippen molar-refractivity contribution in [2.24, 2.45) is 0 Å². The number of hydrogen-bond donors (Lipinski definition) is 0. The van der Waals surface area contributed by atoms with Crippen LogP contribution in [0.25, 0.3) is 0 Å². The Labute approximate surface area is 125 Å². The molecule has 5 nitrogen and oxygen atoms in total. The van der Waals surface area contributed by atoms with Crippen LogP contribution in [0.3, 0.4) is 0 Å². The van der Waals surface area contributed by atoms with Gasteiger partial charge in [-0.2, -0.15) is 9.40 Å². The van der Waals surface area contributed by atoms with Crippen molar-refractivity contribution < 1.29 is 8.42 Å². The van der Waals surface area contributed by atoms with Crippen LogP contribution in [0.4, 0.5) is 0 Å². The first-order chi connectivity index (χ1) is 8.95. The zero-order valence-corrected chi connectivity index (χ0v) is 13.8. The fraction of sp³-hybridized carbons (Fsp3) is 0.364.